The molecule has 0 unspecified atom stereocenters. The summed E-state index contributed by atoms with van der Waals surface area (Å²) in [6, 6.07) is 14.3. The van der Waals surface area contributed by atoms with Crippen LogP contribution in [0.25, 0.3) is 10.2 Å². The number of nitrogens with zero attached hydrogens (tertiary/aromatic N) is 1. The quantitative estimate of drug-likeness (QED) is 0.693. The summed E-state index contributed by atoms with van der Waals surface area (Å²) in [6.45, 7) is 3.87. The van der Waals surface area contributed by atoms with Crippen molar-refractivity contribution in [2.75, 3.05) is 6.54 Å². The van der Waals surface area contributed by atoms with Gasteiger partial charge in [0.15, 0.2) is 4.34 Å². The van der Waals surface area contributed by atoms with Crippen LogP contribution < -0.4 is 5.32 Å². The molecule has 0 radical (unpaired) electrons. The molecule has 3 aromatic rings. The van der Waals surface area contributed by atoms with Gasteiger partial charge in [-0.25, -0.2) is 4.98 Å². The van der Waals surface area contributed by atoms with Gasteiger partial charge in [0.25, 0.3) is 0 Å². The molecule has 0 aliphatic rings. The van der Waals surface area contributed by atoms with E-state index >= 15 is 0 Å². The third-order valence-corrected chi connectivity index (χ3v) is 5.79. The molecular formula is C16H15ClN2S2. The van der Waals surface area contributed by atoms with Crippen LogP contribution in [0.3, 0.4) is 0 Å². The highest BCUT2D eigenvalue weighted by Crippen LogP contribution is 2.39. The minimum atomic E-state index is 0.787. The number of benzene rings is 2. The fraction of sp³-hybridized carbons (Fsp3) is 0.188. The first-order chi connectivity index (χ1) is 10.3. The number of halogens is 1. The Balaban J connectivity index is 1.93. The van der Waals surface area contributed by atoms with Gasteiger partial charge in [-0.2, -0.15) is 0 Å². The molecule has 0 saturated carbocycles. The molecule has 1 heterocycles. The molecule has 3 rings (SSSR count). The molecule has 0 atom stereocenters. The van der Waals surface area contributed by atoms with Crippen molar-refractivity contribution in [3.8, 4) is 0 Å². The lowest BCUT2D eigenvalue weighted by atomic mass is 10.2. The lowest BCUT2D eigenvalue weighted by molar-refractivity contribution is 0.718. The van der Waals surface area contributed by atoms with Crippen LogP contribution in [-0.4, -0.2) is 11.5 Å². The predicted octanol–water partition coefficient (Wildman–Crippen LogP) is 5.21. The summed E-state index contributed by atoms with van der Waals surface area (Å²) in [4.78, 5) is 5.77. The predicted molar refractivity (Wildman–Crippen MR) is 92.6 cm³/mol. The molecule has 21 heavy (non-hydrogen) atoms. The number of hydrogen-bond acceptors (Lipinski definition) is 4. The van der Waals surface area contributed by atoms with Crippen molar-refractivity contribution in [3.63, 3.8) is 0 Å². The summed E-state index contributed by atoms with van der Waals surface area (Å²) in [7, 11) is 0. The molecule has 2 nitrogen and oxygen atoms in total. The van der Waals surface area contributed by atoms with Crippen molar-refractivity contribution in [1.82, 2.24) is 10.3 Å². The van der Waals surface area contributed by atoms with Crippen molar-refractivity contribution in [3.05, 3.63) is 53.1 Å². The second kappa shape index (κ2) is 6.79. The van der Waals surface area contributed by atoms with Gasteiger partial charge in [0.1, 0.15) is 0 Å². The maximum absolute atomic E-state index is 6.39. The number of fused-ring (bicyclic) bond motifs is 1. The first-order valence-corrected chi connectivity index (χ1v) is 8.80. The first kappa shape index (κ1) is 14.9. The fourth-order valence-electron chi connectivity index (χ4n) is 2.05. The summed E-state index contributed by atoms with van der Waals surface area (Å²) >= 11 is 9.74. The van der Waals surface area contributed by atoms with Crippen LogP contribution >= 0.6 is 34.7 Å². The van der Waals surface area contributed by atoms with Gasteiger partial charge in [-0.1, -0.05) is 54.6 Å². The van der Waals surface area contributed by atoms with Gasteiger partial charge < -0.3 is 5.32 Å². The monoisotopic (exact) mass is 334 g/mol. The number of aromatic nitrogens is 1. The number of para-hydroxylation sites is 1. The lowest BCUT2D eigenvalue weighted by Crippen LogP contribution is -2.12. The Morgan fingerprint density at radius 3 is 2.86 bits per heavy atom. The average Bonchev–Trinajstić information content (AvgIpc) is 2.90. The van der Waals surface area contributed by atoms with Gasteiger partial charge in [0.05, 0.1) is 15.2 Å². The normalized spacial score (nSPS) is 11.1. The van der Waals surface area contributed by atoms with Crippen LogP contribution in [0.5, 0.6) is 0 Å². The van der Waals surface area contributed by atoms with E-state index in [2.05, 4.69) is 29.4 Å². The van der Waals surface area contributed by atoms with Gasteiger partial charge in [-0.05, 0) is 30.3 Å². The standard InChI is InChI=1S/C16H15ClN2S2/c1-2-18-10-11-6-5-7-12(17)15(11)21-16-19-13-8-3-4-9-14(13)20-16/h3-9,18H,2,10H2,1H3. The van der Waals surface area contributed by atoms with Gasteiger partial charge in [-0.15, -0.1) is 11.3 Å². The molecule has 0 aliphatic heterocycles. The SMILES string of the molecule is CCNCc1cccc(Cl)c1Sc1nc2ccccc2s1. The van der Waals surface area contributed by atoms with Crippen LogP contribution in [0.1, 0.15) is 12.5 Å². The molecule has 0 bridgehead atoms. The summed E-state index contributed by atoms with van der Waals surface area (Å²) < 4.78 is 2.24. The van der Waals surface area contributed by atoms with E-state index in [1.54, 1.807) is 23.1 Å². The van der Waals surface area contributed by atoms with Crippen molar-refractivity contribution in [2.45, 2.75) is 22.7 Å². The Morgan fingerprint density at radius 2 is 2.05 bits per heavy atom. The fourth-order valence-corrected chi connectivity index (χ4v) is 4.50. The molecule has 0 amide bonds. The summed E-state index contributed by atoms with van der Waals surface area (Å²) in [5.74, 6) is 0. The maximum atomic E-state index is 6.39. The zero-order chi connectivity index (χ0) is 14.7. The molecule has 5 heteroatoms. The summed E-state index contributed by atoms with van der Waals surface area (Å²) in [5, 5.41) is 4.14. The minimum Gasteiger partial charge on any atom is -0.313 e. The molecule has 0 spiro atoms. The Kier molecular flexibility index (Phi) is 4.80. The highest BCUT2D eigenvalue weighted by Gasteiger charge is 2.12. The molecular weight excluding hydrogens is 320 g/mol. The van der Waals surface area contributed by atoms with Crippen molar-refractivity contribution in [1.29, 1.82) is 0 Å². The Hall–Kier alpha value is -1.07. The molecule has 0 fully saturated rings. The van der Waals surface area contributed by atoms with E-state index in [0.717, 1.165) is 32.9 Å². The lowest BCUT2D eigenvalue weighted by Gasteiger charge is -2.09. The Morgan fingerprint density at radius 1 is 1.19 bits per heavy atom. The molecule has 2 aromatic carbocycles. The number of rotatable bonds is 5. The van der Waals surface area contributed by atoms with E-state index in [9.17, 15) is 0 Å². The largest absolute Gasteiger partial charge is 0.313 e. The molecule has 0 saturated heterocycles. The second-order valence-electron chi connectivity index (χ2n) is 4.56. The molecule has 108 valence electrons. The van der Waals surface area contributed by atoms with Crippen LogP contribution in [0, 0.1) is 0 Å². The second-order valence-corrected chi connectivity index (χ2v) is 7.25. The van der Waals surface area contributed by atoms with Crippen LogP contribution in [0.15, 0.2) is 51.7 Å². The summed E-state index contributed by atoms with van der Waals surface area (Å²) in [5.41, 5.74) is 2.26. The van der Waals surface area contributed by atoms with Crippen LogP contribution in [-0.2, 0) is 6.54 Å². The first-order valence-electron chi connectivity index (χ1n) is 6.79. The minimum absolute atomic E-state index is 0.787. The van der Waals surface area contributed by atoms with Gasteiger partial charge >= 0.3 is 0 Å². The van der Waals surface area contributed by atoms with Gasteiger partial charge in [0.2, 0.25) is 0 Å². The average molecular weight is 335 g/mol. The summed E-state index contributed by atoms with van der Waals surface area (Å²) in [6.07, 6.45) is 0. The third kappa shape index (κ3) is 3.40. The van der Waals surface area contributed by atoms with Crippen molar-refractivity contribution in [2.24, 2.45) is 0 Å². The maximum Gasteiger partial charge on any atom is 0.155 e. The van der Waals surface area contributed by atoms with Crippen molar-refractivity contribution < 1.29 is 0 Å². The van der Waals surface area contributed by atoms with E-state index in [1.165, 1.54) is 10.3 Å². The van der Waals surface area contributed by atoms with Gasteiger partial charge in [0, 0.05) is 11.4 Å². The van der Waals surface area contributed by atoms with Crippen LogP contribution in [0.4, 0.5) is 0 Å². The molecule has 1 aromatic heterocycles. The Bertz CT molecular complexity index is 722. The number of thiazole rings is 1. The van der Waals surface area contributed by atoms with Crippen LogP contribution in [0.2, 0.25) is 5.02 Å². The van der Waals surface area contributed by atoms with E-state index in [0.29, 0.717) is 0 Å². The van der Waals surface area contributed by atoms with E-state index in [1.807, 2.05) is 30.3 Å². The highest BCUT2D eigenvalue weighted by molar-refractivity contribution is 8.01. The smallest absolute Gasteiger partial charge is 0.155 e. The third-order valence-electron chi connectivity index (χ3n) is 3.08. The van der Waals surface area contributed by atoms with E-state index in [4.69, 9.17) is 11.6 Å². The molecule has 1 N–H and O–H groups in total. The van der Waals surface area contributed by atoms with E-state index in [-0.39, 0.29) is 0 Å². The van der Waals surface area contributed by atoms with Crippen molar-refractivity contribution >= 4 is 44.9 Å². The zero-order valence-corrected chi connectivity index (χ0v) is 14.0. The zero-order valence-electron chi connectivity index (χ0n) is 11.6. The highest BCUT2D eigenvalue weighted by atomic mass is 35.5. The topological polar surface area (TPSA) is 24.9 Å². The van der Waals surface area contributed by atoms with Gasteiger partial charge in [-0.3, -0.25) is 0 Å². The number of hydrogen-bond donors (Lipinski definition) is 1. The van der Waals surface area contributed by atoms with E-state index < -0.39 is 0 Å². The molecule has 0 aliphatic carbocycles. The Labute approximate surface area is 137 Å². The number of nitrogens with one attached hydrogen (secondary N) is 1.